The van der Waals surface area contributed by atoms with Gasteiger partial charge in [-0.15, -0.1) is 11.8 Å². The molecule has 0 unspecified atom stereocenters. The average molecular weight is 206 g/mol. The van der Waals surface area contributed by atoms with E-state index in [-0.39, 0.29) is 5.78 Å². The first-order chi connectivity index (χ1) is 6.79. The Morgan fingerprint density at radius 3 is 2.50 bits per heavy atom. The Balaban J connectivity index is 2.17. The normalized spacial score (nSPS) is 18.1. The summed E-state index contributed by atoms with van der Waals surface area (Å²) in [5.41, 5.74) is 1.04. The van der Waals surface area contributed by atoms with Crippen molar-refractivity contribution in [1.29, 1.82) is 0 Å². The van der Waals surface area contributed by atoms with Crippen molar-refractivity contribution in [1.82, 2.24) is 0 Å². The van der Waals surface area contributed by atoms with E-state index in [1.165, 1.54) is 0 Å². The number of hydrogen-bond acceptors (Lipinski definition) is 3. The van der Waals surface area contributed by atoms with E-state index in [4.69, 9.17) is 4.74 Å². The van der Waals surface area contributed by atoms with E-state index in [0.717, 1.165) is 16.2 Å². The molecule has 1 aliphatic heterocycles. The van der Waals surface area contributed by atoms with Gasteiger partial charge in [0.2, 0.25) is 0 Å². The highest BCUT2D eigenvalue weighted by molar-refractivity contribution is 8.07. The van der Waals surface area contributed by atoms with Crippen molar-refractivity contribution in [3.63, 3.8) is 0 Å². The van der Waals surface area contributed by atoms with Crippen LogP contribution in [0.2, 0.25) is 0 Å². The lowest BCUT2D eigenvalue weighted by Gasteiger charge is -2.13. The van der Waals surface area contributed by atoms with E-state index >= 15 is 0 Å². The first kappa shape index (κ1) is 9.34. The molecule has 1 saturated heterocycles. The van der Waals surface area contributed by atoms with E-state index < -0.39 is 0 Å². The molecule has 1 heterocycles. The van der Waals surface area contributed by atoms with Crippen LogP contribution in [0, 0.1) is 0 Å². The number of hydrogen-bond donors (Lipinski definition) is 0. The standard InChI is InChI=1S/C11H10O2S/c1-13-9-4-2-8(3-5-9)6-11-10(12)7-14-11/h2-6H,7H2,1H3/b11-6-. The molecule has 2 rings (SSSR count). The second-order valence-electron chi connectivity index (χ2n) is 2.99. The third-order valence-corrected chi connectivity index (χ3v) is 3.11. The molecule has 3 heteroatoms. The van der Waals surface area contributed by atoms with E-state index in [1.54, 1.807) is 18.9 Å². The molecule has 72 valence electrons. The zero-order valence-electron chi connectivity index (χ0n) is 7.82. The number of rotatable bonds is 2. The molecule has 1 aliphatic rings. The average Bonchev–Trinajstić information content (AvgIpc) is 2.24. The lowest BCUT2D eigenvalue weighted by Crippen LogP contribution is -2.13. The fourth-order valence-corrected chi connectivity index (χ4v) is 1.84. The van der Waals surface area contributed by atoms with Crippen molar-refractivity contribution in [3.8, 4) is 5.75 Å². The number of ketones is 1. The number of allylic oxidation sites excluding steroid dienone is 1. The van der Waals surface area contributed by atoms with Crippen LogP contribution in [0.25, 0.3) is 6.08 Å². The van der Waals surface area contributed by atoms with Crippen molar-refractivity contribution >= 4 is 23.6 Å². The van der Waals surface area contributed by atoms with Crippen molar-refractivity contribution in [2.45, 2.75) is 0 Å². The second-order valence-corrected chi connectivity index (χ2v) is 4.01. The maximum Gasteiger partial charge on any atom is 0.179 e. The van der Waals surface area contributed by atoms with Crippen molar-refractivity contribution in [2.75, 3.05) is 12.9 Å². The Hall–Kier alpha value is -1.22. The van der Waals surface area contributed by atoms with Gasteiger partial charge >= 0.3 is 0 Å². The van der Waals surface area contributed by atoms with Gasteiger partial charge in [-0.05, 0) is 23.8 Å². The number of carbonyl (C=O) groups is 1. The van der Waals surface area contributed by atoms with Gasteiger partial charge in [-0.3, -0.25) is 4.79 Å². The van der Waals surface area contributed by atoms with Crippen molar-refractivity contribution in [3.05, 3.63) is 34.7 Å². The molecule has 2 nitrogen and oxygen atoms in total. The summed E-state index contributed by atoms with van der Waals surface area (Å²) in [6.45, 7) is 0. The summed E-state index contributed by atoms with van der Waals surface area (Å²) < 4.78 is 5.04. The van der Waals surface area contributed by atoms with Crippen LogP contribution >= 0.6 is 11.8 Å². The zero-order valence-corrected chi connectivity index (χ0v) is 8.64. The van der Waals surface area contributed by atoms with Gasteiger partial charge in [-0.2, -0.15) is 0 Å². The molecule has 0 atom stereocenters. The highest BCUT2D eigenvalue weighted by atomic mass is 32.2. The zero-order chi connectivity index (χ0) is 9.97. The largest absolute Gasteiger partial charge is 0.497 e. The summed E-state index contributed by atoms with van der Waals surface area (Å²) >= 11 is 1.60. The van der Waals surface area contributed by atoms with Crippen LogP contribution in [0.15, 0.2) is 29.2 Å². The van der Waals surface area contributed by atoms with Crippen LogP contribution < -0.4 is 4.74 Å². The molecule has 0 aromatic heterocycles. The number of methoxy groups -OCH3 is 1. The van der Waals surface area contributed by atoms with Crippen molar-refractivity contribution in [2.24, 2.45) is 0 Å². The molecule has 0 bridgehead atoms. The van der Waals surface area contributed by atoms with E-state index in [9.17, 15) is 4.79 Å². The van der Waals surface area contributed by atoms with Gasteiger partial charge in [0.25, 0.3) is 0 Å². The lowest BCUT2D eigenvalue weighted by atomic mass is 10.2. The first-order valence-electron chi connectivity index (χ1n) is 4.31. The minimum atomic E-state index is 0.241. The van der Waals surface area contributed by atoms with Crippen LogP contribution in [0.1, 0.15) is 5.56 Å². The summed E-state index contributed by atoms with van der Waals surface area (Å²) in [4.78, 5) is 11.9. The lowest BCUT2D eigenvalue weighted by molar-refractivity contribution is -0.113. The monoisotopic (exact) mass is 206 g/mol. The van der Waals surface area contributed by atoms with Crippen LogP contribution in [0.4, 0.5) is 0 Å². The summed E-state index contributed by atoms with van der Waals surface area (Å²) in [7, 11) is 1.64. The van der Waals surface area contributed by atoms with E-state index in [0.29, 0.717) is 5.75 Å². The predicted octanol–water partition coefficient (Wildman–Crippen LogP) is 2.35. The SMILES string of the molecule is COc1ccc(/C=C2\SCC2=O)cc1. The summed E-state index contributed by atoms with van der Waals surface area (Å²) in [6, 6.07) is 7.66. The fraction of sp³-hybridized carbons (Fsp3) is 0.182. The number of thioether (sulfide) groups is 1. The Labute approximate surface area is 87.0 Å². The van der Waals surface area contributed by atoms with Crippen LogP contribution in [-0.4, -0.2) is 18.6 Å². The van der Waals surface area contributed by atoms with Crippen molar-refractivity contribution < 1.29 is 9.53 Å². The Morgan fingerprint density at radius 2 is 2.07 bits per heavy atom. The molecular formula is C11H10O2S. The molecule has 0 aliphatic carbocycles. The number of benzene rings is 1. The highest BCUT2D eigenvalue weighted by Gasteiger charge is 2.20. The topological polar surface area (TPSA) is 26.3 Å². The highest BCUT2D eigenvalue weighted by Crippen LogP contribution is 2.30. The summed E-state index contributed by atoms with van der Waals surface area (Å²) in [5, 5.41) is 0. The molecule has 14 heavy (non-hydrogen) atoms. The maximum absolute atomic E-state index is 11.0. The van der Waals surface area contributed by atoms with Gasteiger partial charge in [-0.1, -0.05) is 12.1 Å². The van der Waals surface area contributed by atoms with Crippen LogP contribution in [-0.2, 0) is 4.79 Å². The molecule has 0 amide bonds. The van der Waals surface area contributed by atoms with Gasteiger partial charge in [0.05, 0.1) is 17.8 Å². The van der Waals surface area contributed by atoms with Crippen LogP contribution in [0.5, 0.6) is 5.75 Å². The molecule has 0 saturated carbocycles. The Morgan fingerprint density at radius 1 is 1.36 bits per heavy atom. The molecule has 0 N–H and O–H groups in total. The molecule has 0 spiro atoms. The minimum Gasteiger partial charge on any atom is -0.497 e. The van der Waals surface area contributed by atoms with E-state index in [1.807, 2.05) is 30.3 Å². The van der Waals surface area contributed by atoms with E-state index in [2.05, 4.69) is 0 Å². The molecule has 1 aromatic rings. The Bertz CT molecular complexity index is 379. The van der Waals surface area contributed by atoms with Gasteiger partial charge < -0.3 is 4.74 Å². The smallest absolute Gasteiger partial charge is 0.179 e. The molecule has 0 radical (unpaired) electrons. The fourth-order valence-electron chi connectivity index (χ4n) is 1.19. The predicted molar refractivity (Wildman–Crippen MR) is 58.4 cm³/mol. The third kappa shape index (κ3) is 1.82. The Kier molecular flexibility index (Phi) is 2.59. The van der Waals surface area contributed by atoms with Gasteiger partial charge in [0, 0.05) is 0 Å². The second kappa shape index (κ2) is 3.88. The van der Waals surface area contributed by atoms with Crippen LogP contribution in [0.3, 0.4) is 0 Å². The summed E-state index contributed by atoms with van der Waals surface area (Å²) in [5.74, 6) is 1.70. The minimum absolute atomic E-state index is 0.241. The molecule has 1 fully saturated rings. The maximum atomic E-state index is 11.0. The van der Waals surface area contributed by atoms with Gasteiger partial charge in [0.15, 0.2) is 5.78 Å². The van der Waals surface area contributed by atoms with Gasteiger partial charge in [-0.25, -0.2) is 0 Å². The third-order valence-electron chi connectivity index (χ3n) is 2.05. The number of carbonyl (C=O) groups excluding carboxylic acids is 1. The van der Waals surface area contributed by atoms with Gasteiger partial charge in [0.1, 0.15) is 5.75 Å². The quantitative estimate of drug-likeness (QED) is 0.695. The molecule has 1 aromatic carbocycles. The number of ether oxygens (including phenoxy) is 1. The summed E-state index contributed by atoms with van der Waals surface area (Å²) in [6.07, 6.45) is 1.91. The molecular weight excluding hydrogens is 196 g/mol. The first-order valence-corrected chi connectivity index (χ1v) is 5.30. The number of Topliss-reactive ketones (excluding diaryl/α,β-unsaturated/α-hetero) is 1.